The average Bonchev–Trinajstić information content (AvgIpc) is 3.53. The van der Waals surface area contributed by atoms with Crippen molar-refractivity contribution in [3.05, 3.63) is 12.2 Å². The lowest BCUT2D eigenvalue weighted by atomic mass is 10.0. The van der Waals surface area contributed by atoms with Crippen molar-refractivity contribution >= 4 is 11.9 Å². The Kier molecular flexibility index (Phi) is 74.8. The maximum Gasteiger partial charge on any atom is 0.305 e. The van der Waals surface area contributed by atoms with E-state index in [1.807, 2.05) is 6.08 Å². The topological polar surface area (TPSA) is 95.9 Å². The summed E-state index contributed by atoms with van der Waals surface area (Å²) in [5.74, 6) is -0.0305. The van der Waals surface area contributed by atoms with Crippen LogP contribution in [0.25, 0.3) is 0 Å². The van der Waals surface area contributed by atoms with Gasteiger partial charge >= 0.3 is 5.97 Å². The fourth-order valence-corrected chi connectivity index (χ4v) is 13.0. The van der Waals surface area contributed by atoms with Crippen LogP contribution in [0, 0.1) is 0 Å². The number of carbonyl (C=O) groups is 2. The van der Waals surface area contributed by atoms with Gasteiger partial charge in [-0.15, -0.1) is 0 Å². The number of rotatable bonds is 76. The number of aliphatic hydroxyl groups is 2. The van der Waals surface area contributed by atoms with Crippen LogP contribution in [0.1, 0.15) is 463 Å². The van der Waals surface area contributed by atoms with Gasteiger partial charge in [-0.2, -0.15) is 0 Å². The van der Waals surface area contributed by atoms with Gasteiger partial charge in [-0.25, -0.2) is 0 Å². The average molecular weight is 1210 g/mol. The smallest absolute Gasteiger partial charge is 0.305 e. The van der Waals surface area contributed by atoms with Crippen LogP contribution in [-0.2, 0) is 14.3 Å². The normalized spacial score (nSPS) is 12.5. The Morgan fingerprint density at radius 3 is 0.791 bits per heavy atom. The Hall–Kier alpha value is -1.40. The number of amides is 1. The molecule has 86 heavy (non-hydrogen) atoms. The van der Waals surface area contributed by atoms with Crippen LogP contribution in [-0.4, -0.2) is 47.4 Å². The molecule has 6 nitrogen and oxygen atoms in total. The molecule has 0 bridgehead atoms. The van der Waals surface area contributed by atoms with Crippen molar-refractivity contribution < 1.29 is 24.5 Å². The van der Waals surface area contributed by atoms with Gasteiger partial charge < -0.3 is 20.3 Å². The predicted molar refractivity (Wildman–Crippen MR) is 380 cm³/mol. The first-order chi connectivity index (χ1) is 42.5. The summed E-state index contributed by atoms with van der Waals surface area (Å²) in [5.41, 5.74) is 0. The molecule has 2 unspecified atom stereocenters. The van der Waals surface area contributed by atoms with Gasteiger partial charge in [-0.05, 0) is 32.1 Å². The summed E-state index contributed by atoms with van der Waals surface area (Å²) >= 11 is 0. The Morgan fingerprint density at radius 1 is 0.314 bits per heavy atom. The van der Waals surface area contributed by atoms with E-state index in [2.05, 4.69) is 19.2 Å². The first-order valence-electron chi connectivity index (χ1n) is 40.0. The van der Waals surface area contributed by atoms with Crippen LogP contribution in [0.4, 0.5) is 0 Å². The molecule has 0 aliphatic rings. The molecule has 0 aliphatic carbocycles. The highest BCUT2D eigenvalue weighted by Gasteiger charge is 2.18. The molecule has 0 aromatic rings. The molecular weight excluding hydrogens is 1050 g/mol. The molecule has 0 radical (unpaired) electrons. The van der Waals surface area contributed by atoms with E-state index in [9.17, 15) is 19.8 Å². The lowest BCUT2D eigenvalue weighted by molar-refractivity contribution is -0.143. The van der Waals surface area contributed by atoms with Gasteiger partial charge in [0.25, 0.3) is 0 Å². The molecule has 0 aliphatic heterocycles. The predicted octanol–water partition coefficient (Wildman–Crippen LogP) is 26.3. The first-order valence-corrected chi connectivity index (χ1v) is 40.0. The highest BCUT2D eigenvalue weighted by atomic mass is 16.5. The molecule has 0 heterocycles. The van der Waals surface area contributed by atoms with E-state index in [1.165, 1.54) is 398 Å². The Bertz CT molecular complexity index is 1300. The molecule has 0 fully saturated rings. The minimum Gasteiger partial charge on any atom is -0.466 e. The van der Waals surface area contributed by atoms with Gasteiger partial charge in [-0.3, -0.25) is 9.59 Å². The van der Waals surface area contributed by atoms with Gasteiger partial charge in [0.1, 0.15) is 0 Å². The molecule has 2 atom stereocenters. The van der Waals surface area contributed by atoms with E-state index in [4.69, 9.17) is 4.74 Å². The summed E-state index contributed by atoms with van der Waals surface area (Å²) in [7, 11) is 0. The van der Waals surface area contributed by atoms with Crippen LogP contribution in [0.5, 0.6) is 0 Å². The molecule has 0 aromatic heterocycles. The third-order valence-corrected chi connectivity index (χ3v) is 19.1. The molecule has 0 saturated heterocycles. The number of carbonyl (C=O) groups excluding carboxylic acids is 2. The molecule has 6 heteroatoms. The van der Waals surface area contributed by atoms with Crippen molar-refractivity contribution in [2.75, 3.05) is 13.2 Å². The number of nitrogens with one attached hydrogen (secondary N) is 1. The third-order valence-electron chi connectivity index (χ3n) is 19.1. The highest BCUT2D eigenvalue weighted by molar-refractivity contribution is 5.76. The summed E-state index contributed by atoms with van der Waals surface area (Å²) in [6.07, 6.45) is 96.4. The van der Waals surface area contributed by atoms with E-state index in [0.717, 1.165) is 38.5 Å². The minimum absolute atomic E-state index is 0.0288. The van der Waals surface area contributed by atoms with E-state index in [0.29, 0.717) is 19.4 Å². The van der Waals surface area contributed by atoms with Crippen LogP contribution in [0.2, 0.25) is 0 Å². The number of aliphatic hydroxyl groups excluding tert-OH is 2. The standard InChI is InChI=1S/C80H157NO5/c1-3-5-7-9-11-13-15-17-19-20-43-46-50-54-58-62-66-70-74-80(85)86-75-71-67-63-59-55-51-47-44-41-39-37-35-33-31-29-27-25-23-21-22-24-26-28-30-32-34-36-38-40-42-45-49-53-57-61-65-69-73-79(84)81-77(76-82)78(83)72-68-64-60-56-52-48-18-16-14-12-10-8-6-4-2/h68,72,77-78,82-83H,3-67,69-71,73-76H2,1-2H3,(H,81,84)/b72-68+. The summed E-state index contributed by atoms with van der Waals surface area (Å²) in [6.45, 7) is 4.96. The maximum atomic E-state index is 12.5. The number of allylic oxidation sites excluding steroid dienone is 1. The third kappa shape index (κ3) is 71.7. The van der Waals surface area contributed by atoms with Gasteiger partial charge in [0.2, 0.25) is 5.91 Å². The largest absolute Gasteiger partial charge is 0.466 e. The zero-order chi connectivity index (χ0) is 62.0. The Labute approximate surface area is 539 Å². The second-order valence-electron chi connectivity index (χ2n) is 27.8. The quantitative estimate of drug-likeness (QED) is 0.0320. The second-order valence-corrected chi connectivity index (χ2v) is 27.8. The molecule has 3 N–H and O–H groups in total. The second kappa shape index (κ2) is 76.1. The number of hydrogen-bond donors (Lipinski definition) is 3. The van der Waals surface area contributed by atoms with Crippen LogP contribution >= 0.6 is 0 Å². The summed E-state index contributed by atoms with van der Waals surface area (Å²) in [4.78, 5) is 24.6. The number of unbranched alkanes of at least 4 members (excludes halogenated alkanes) is 65. The summed E-state index contributed by atoms with van der Waals surface area (Å²) in [6, 6.07) is -0.622. The van der Waals surface area contributed by atoms with Crippen LogP contribution in [0.15, 0.2) is 12.2 Å². The summed E-state index contributed by atoms with van der Waals surface area (Å²) in [5, 5.41) is 23.2. The lowest BCUT2D eigenvalue weighted by Gasteiger charge is -2.20. The molecule has 0 saturated carbocycles. The van der Waals surface area contributed by atoms with Crippen molar-refractivity contribution in [3.63, 3.8) is 0 Å². The van der Waals surface area contributed by atoms with Crippen molar-refractivity contribution in [1.82, 2.24) is 5.32 Å². The maximum absolute atomic E-state index is 12.5. The molecule has 0 rings (SSSR count). The zero-order valence-corrected chi connectivity index (χ0v) is 58.8. The fraction of sp³-hybridized carbons (Fsp3) is 0.950. The molecule has 512 valence electrons. The molecule has 0 spiro atoms. The van der Waals surface area contributed by atoms with E-state index >= 15 is 0 Å². The van der Waals surface area contributed by atoms with Crippen LogP contribution in [0.3, 0.4) is 0 Å². The molecule has 0 aromatic carbocycles. The van der Waals surface area contributed by atoms with Crippen molar-refractivity contribution in [1.29, 1.82) is 0 Å². The van der Waals surface area contributed by atoms with Crippen LogP contribution < -0.4 is 5.32 Å². The number of hydrogen-bond acceptors (Lipinski definition) is 5. The van der Waals surface area contributed by atoms with Gasteiger partial charge in [0.05, 0.1) is 25.4 Å². The van der Waals surface area contributed by atoms with E-state index < -0.39 is 12.1 Å². The van der Waals surface area contributed by atoms with Gasteiger partial charge in [-0.1, -0.05) is 431 Å². The van der Waals surface area contributed by atoms with Crippen molar-refractivity contribution in [2.24, 2.45) is 0 Å². The highest BCUT2D eigenvalue weighted by Crippen LogP contribution is 2.20. The molecule has 1 amide bonds. The minimum atomic E-state index is -0.839. The Balaban J connectivity index is 3.28. The lowest BCUT2D eigenvalue weighted by Crippen LogP contribution is -2.45. The monoisotopic (exact) mass is 1210 g/mol. The zero-order valence-electron chi connectivity index (χ0n) is 58.8. The van der Waals surface area contributed by atoms with Gasteiger partial charge in [0, 0.05) is 12.8 Å². The van der Waals surface area contributed by atoms with E-state index in [1.54, 1.807) is 6.08 Å². The first kappa shape index (κ1) is 84.6. The SMILES string of the molecule is CCCCCCCCCCCCCC/C=C/C(O)C(CO)NC(=O)CCCCCCCCCCCCCCCCCCCCCCCCCCCCCCCCCCCCCCCOC(=O)CCCCCCCCCCCCCCCCCCCC. The number of esters is 1. The number of ether oxygens (including phenoxy) is 1. The molecular formula is C80H157NO5. The summed E-state index contributed by atoms with van der Waals surface area (Å²) < 4.78 is 5.52. The Morgan fingerprint density at radius 2 is 0.535 bits per heavy atom. The van der Waals surface area contributed by atoms with Gasteiger partial charge in [0.15, 0.2) is 0 Å². The van der Waals surface area contributed by atoms with E-state index in [-0.39, 0.29) is 18.5 Å². The fourth-order valence-electron chi connectivity index (χ4n) is 13.0. The van der Waals surface area contributed by atoms with Crippen molar-refractivity contribution in [3.8, 4) is 0 Å². The van der Waals surface area contributed by atoms with Crippen molar-refractivity contribution in [2.45, 2.75) is 475 Å².